The van der Waals surface area contributed by atoms with Gasteiger partial charge in [-0.15, -0.1) is 0 Å². The van der Waals surface area contributed by atoms with Crippen LogP contribution in [0.15, 0.2) is 12.7 Å². The number of amides is 1. The summed E-state index contributed by atoms with van der Waals surface area (Å²) in [6.45, 7) is 5.50. The van der Waals surface area contributed by atoms with E-state index in [0.717, 1.165) is 13.1 Å². The highest BCUT2D eigenvalue weighted by molar-refractivity contribution is 5.86. The largest absolute Gasteiger partial charge is 0.481 e. The predicted octanol–water partition coefficient (Wildman–Crippen LogP) is 0.230. The summed E-state index contributed by atoms with van der Waals surface area (Å²) in [5.41, 5.74) is 0. The quantitative estimate of drug-likeness (QED) is 0.462. The van der Waals surface area contributed by atoms with E-state index in [2.05, 4.69) is 11.9 Å². The first-order chi connectivity index (χ1) is 7.37. The second-order valence-electron chi connectivity index (χ2n) is 4.38. The van der Waals surface area contributed by atoms with Crippen molar-refractivity contribution in [1.82, 2.24) is 5.32 Å². The van der Waals surface area contributed by atoms with E-state index < -0.39 is 5.97 Å². The van der Waals surface area contributed by atoms with Gasteiger partial charge in [0.25, 0.3) is 0 Å². The van der Waals surface area contributed by atoms with Gasteiger partial charge in [-0.05, 0) is 6.08 Å². The van der Waals surface area contributed by atoms with Gasteiger partial charge < -0.3 is 14.9 Å². The Hall–Kier alpha value is -1.36. The van der Waals surface area contributed by atoms with Crippen molar-refractivity contribution in [2.24, 2.45) is 0 Å². The number of nitrogens with zero attached hydrogens (tertiary/aromatic N) is 1. The molecule has 0 saturated heterocycles. The van der Waals surface area contributed by atoms with E-state index in [0.29, 0.717) is 17.4 Å². The molecule has 0 aromatic carbocycles. The molecule has 0 aromatic heterocycles. The van der Waals surface area contributed by atoms with Crippen LogP contribution in [-0.2, 0) is 9.59 Å². The van der Waals surface area contributed by atoms with E-state index in [1.54, 1.807) is 0 Å². The van der Waals surface area contributed by atoms with Gasteiger partial charge in [0.15, 0.2) is 0 Å². The maximum atomic E-state index is 10.9. The van der Waals surface area contributed by atoms with E-state index in [1.807, 2.05) is 14.1 Å². The summed E-state index contributed by atoms with van der Waals surface area (Å²) in [5, 5.41) is 11.2. The van der Waals surface area contributed by atoms with Crippen molar-refractivity contribution in [3.63, 3.8) is 0 Å². The molecule has 0 atom stereocenters. The molecule has 0 fully saturated rings. The van der Waals surface area contributed by atoms with Gasteiger partial charge in [-0.3, -0.25) is 9.59 Å². The van der Waals surface area contributed by atoms with Crippen LogP contribution < -0.4 is 5.32 Å². The van der Waals surface area contributed by atoms with E-state index in [9.17, 15) is 9.59 Å². The molecule has 16 heavy (non-hydrogen) atoms. The number of aliphatic carboxylic acids is 1. The van der Waals surface area contributed by atoms with Crippen LogP contribution in [0.5, 0.6) is 0 Å². The molecule has 0 heterocycles. The lowest BCUT2D eigenvalue weighted by atomic mass is 10.2. The van der Waals surface area contributed by atoms with E-state index in [-0.39, 0.29) is 12.3 Å². The zero-order valence-electron chi connectivity index (χ0n) is 10.0. The zero-order valence-corrected chi connectivity index (χ0v) is 10.0. The predicted molar refractivity (Wildman–Crippen MR) is 61.9 cm³/mol. The second kappa shape index (κ2) is 7.00. The number of carbonyl (C=O) groups is 2. The molecular weight excluding hydrogens is 208 g/mol. The molecule has 0 bridgehead atoms. The highest BCUT2D eigenvalue weighted by Gasteiger charge is 2.15. The molecule has 0 aliphatic heterocycles. The van der Waals surface area contributed by atoms with Crippen molar-refractivity contribution in [2.75, 3.05) is 33.7 Å². The normalized spacial score (nSPS) is 10.9. The number of likely N-dealkylation sites (N-methyl/N-ethyl adjacent to an activating group) is 1. The minimum atomic E-state index is -0.764. The number of carboxylic acids is 1. The van der Waals surface area contributed by atoms with Gasteiger partial charge in [0.1, 0.15) is 0 Å². The molecule has 5 heteroatoms. The fourth-order valence-corrected chi connectivity index (χ4v) is 1.32. The number of hydrogen-bond acceptors (Lipinski definition) is 2. The smallest absolute Gasteiger partial charge is 0.303 e. The van der Waals surface area contributed by atoms with Gasteiger partial charge in [-0.25, -0.2) is 0 Å². The Morgan fingerprint density at radius 2 is 2.00 bits per heavy atom. The van der Waals surface area contributed by atoms with Crippen LogP contribution in [0.25, 0.3) is 0 Å². The molecule has 0 aliphatic carbocycles. The molecule has 2 N–H and O–H groups in total. The molecule has 1 amide bonds. The zero-order chi connectivity index (χ0) is 12.6. The molecule has 0 radical (unpaired) electrons. The average Bonchev–Trinajstić information content (AvgIpc) is 2.16. The summed E-state index contributed by atoms with van der Waals surface area (Å²) in [6, 6.07) is 0. The van der Waals surface area contributed by atoms with Crippen LogP contribution in [0.2, 0.25) is 0 Å². The number of carbonyl (C=O) groups excluding carboxylic acids is 1. The molecule has 0 unspecified atom stereocenters. The third-order valence-electron chi connectivity index (χ3n) is 2.36. The Morgan fingerprint density at radius 1 is 1.38 bits per heavy atom. The minimum absolute atomic E-state index is 0.175. The van der Waals surface area contributed by atoms with E-state index in [1.165, 1.54) is 6.08 Å². The van der Waals surface area contributed by atoms with Crippen molar-refractivity contribution < 1.29 is 19.2 Å². The first-order valence-corrected chi connectivity index (χ1v) is 5.31. The van der Waals surface area contributed by atoms with Crippen LogP contribution in [0.1, 0.15) is 12.8 Å². The number of rotatable bonds is 8. The fraction of sp³-hybridized carbons (Fsp3) is 0.636. The van der Waals surface area contributed by atoms with Crippen molar-refractivity contribution in [3.05, 3.63) is 12.7 Å². The first-order valence-electron chi connectivity index (χ1n) is 5.31. The van der Waals surface area contributed by atoms with Crippen molar-refractivity contribution in [1.29, 1.82) is 0 Å². The summed E-state index contributed by atoms with van der Waals surface area (Å²) < 4.78 is 0.699. The second-order valence-corrected chi connectivity index (χ2v) is 4.38. The Kier molecular flexibility index (Phi) is 6.41. The fourth-order valence-electron chi connectivity index (χ4n) is 1.32. The standard InChI is InChI=1S/C11H20N2O3/c1-4-10(14)12-7-9-13(2,3)8-5-6-11(15)16/h4H,1,5-9H2,2-3H3,(H-,12,14,15,16)/p+1. The summed E-state index contributed by atoms with van der Waals surface area (Å²) in [5.74, 6) is -0.939. The Labute approximate surface area is 96.3 Å². The van der Waals surface area contributed by atoms with Gasteiger partial charge in [0.2, 0.25) is 5.91 Å². The molecule has 0 aliphatic rings. The number of hydrogen-bond donors (Lipinski definition) is 2. The summed E-state index contributed by atoms with van der Waals surface area (Å²) in [7, 11) is 4.03. The van der Waals surface area contributed by atoms with E-state index in [4.69, 9.17) is 5.11 Å². The maximum Gasteiger partial charge on any atom is 0.303 e. The molecule has 5 nitrogen and oxygen atoms in total. The Balaban J connectivity index is 3.73. The number of nitrogens with one attached hydrogen (secondary N) is 1. The average molecular weight is 229 g/mol. The first kappa shape index (κ1) is 14.6. The van der Waals surface area contributed by atoms with E-state index >= 15 is 0 Å². The van der Waals surface area contributed by atoms with Crippen LogP contribution in [-0.4, -0.2) is 55.2 Å². The topological polar surface area (TPSA) is 66.4 Å². The molecule has 92 valence electrons. The molecule has 0 aromatic rings. The molecule has 0 saturated carbocycles. The van der Waals surface area contributed by atoms with Crippen molar-refractivity contribution >= 4 is 11.9 Å². The summed E-state index contributed by atoms with van der Waals surface area (Å²) in [6.07, 6.45) is 2.09. The Bertz CT molecular complexity index is 262. The SMILES string of the molecule is C=CC(=O)NCC[N+](C)(C)CCCC(=O)O. The summed E-state index contributed by atoms with van der Waals surface area (Å²) in [4.78, 5) is 21.2. The molecule has 0 spiro atoms. The van der Waals surface area contributed by atoms with Crippen molar-refractivity contribution in [3.8, 4) is 0 Å². The van der Waals surface area contributed by atoms with Crippen molar-refractivity contribution in [2.45, 2.75) is 12.8 Å². The highest BCUT2D eigenvalue weighted by Crippen LogP contribution is 2.00. The highest BCUT2D eigenvalue weighted by atomic mass is 16.4. The van der Waals surface area contributed by atoms with Gasteiger partial charge in [0, 0.05) is 6.42 Å². The van der Waals surface area contributed by atoms with Crippen LogP contribution in [0.4, 0.5) is 0 Å². The van der Waals surface area contributed by atoms with Gasteiger partial charge in [-0.1, -0.05) is 6.58 Å². The number of carboxylic acid groups (broad SMARTS) is 1. The third-order valence-corrected chi connectivity index (χ3v) is 2.36. The molecular formula is C11H21N2O3+. The van der Waals surface area contributed by atoms with Crippen LogP contribution >= 0.6 is 0 Å². The third kappa shape index (κ3) is 7.99. The van der Waals surface area contributed by atoms with Crippen LogP contribution in [0.3, 0.4) is 0 Å². The monoisotopic (exact) mass is 229 g/mol. The van der Waals surface area contributed by atoms with Gasteiger partial charge in [-0.2, -0.15) is 0 Å². The summed E-state index contributed by atoms with van der Waals surface area (Å²) >= 11 is 0. The van der Waals surface area contributed by atoms with Crippen LogP contribution in [0, 0.1) is 0 Å². The minimum Gasteiger partial charge on any atom is -0.481 e. The maximum absolute atomic E-state index is 10.9. The lowest BCUT2D eigenvalue weighted by molar-refractivity contribution is -0.889. The number of quaternary nitrogens is 1. The lowest BCUT2D eigenvalue weighted by Crippen LogP contribution is -2.45. The van der Waals surface area contributed by atoms with Gasteiger partial charge >= 0.3 is 5.97 Å². The molecule has 0 rings (SSSR count). The van der Waals surface area contributed by atoms with Gasteiger partial charge in [0.05, 0.1) is 40.2 Å². The Morgan fingerprint density at radius 3 is 2.50 bits per heavy atom. The lowest BCUT2D eigenvalue weighted by Gasteiger charge is -2.29.